The molecule has 0 spiro atoms. The van der Waals surface area contributed by atoms with Crippen LogP contribution in [0.3, 0.4) is 0 Å². The number of hydrogen-bond acceptors (Lipinski definition) is 5. The molecule has 3 aromatic carbocycles. The largest absolute Gasteiger partial charge is 0.493 e. The fourth-order valence-corrected chi connectivity index (χ4v) is 4.57. The Kier molecular flexibility index (Phi) is 9.79. The van der Waals surface area contributed by atoms with Gasteiger partial charge >= 0.3 is 5.97 Å². The molecular weight excluding hydrogens is 488 g/mol. The molecule has 1 atom stereocenters. The van der Waals surface area contributed by atoms with Crippen molar-refractivity contribution in [1.82, 2.24) is 9.78 Å². The molecule has 39 heavy (non-hydrogen) atoms. The van der Waals surface area contributed by atoms with E-state index in [9.17, 15) is 4.79 Å². The van der Waals surface area contributed by atoms with Crippen molar-refractivity contribution in [3.8, 4) is 22.6 Å². The lowest BCUT2D eigenvalue weighted by Gasteiger charge is -2.18. The summed E-state index contributed by atoms with van der Waals surface area (Å²) in [5.41, 5.74) is 6.50. The molecule has 0 saturated heterocycles. The third-order valence-electron chi connectivity index (χ3n) is 6.74. The average Bonchev–Trinajstić information content (AvgIpc) is 3.37. The Hall–Kier alpha value is -4.06. The minimum Gasteiger partial charge on any atom is -0.493 e. The van der Waals surface area contributed by atoms with Gasteiger partial charge in [0.05, 0.1) is 19.6 Å². The highest BCUT2D eigenvalue weighted by Gasteiger charge is 2.22. The van der Waals surface area contributed by atoms with Crippen LogP contribution in [0.4, 0.5) is 0 Å². The van der Waals surface area contributed by atoms with Gasteiger partial charge in [-0.1, -0.05) is 61.4 Å². The number of nitrogens with zero attached hydrogens (tertiary/aromatic N) is 2. The summed E-state index contributed by atoms with van der Waals surface area (Å²) in [7, 11) is 1.88. The highest BCUT2D eigenvalue weighted by atomic mass is 16.5. The normalized spacial score (nSPS) is 11.7. The monoisotopic (exact) mass is 526 g/mol. The summed E-state index contributed by atoms with van der Waals surface area (Å²) in [5.74, 6) is 1.33. The zero-order valence-electron chi connectivity index (χ0n) is 23.4. The molecule has 4 aromatic rings. The number of esters is 1. The second kappa shape index (κ2) is 13.7. The average molecular weight is 527 g/mol. The van der Waals surface area contributed by atoms with E-state index in [1.807, 2.05) is 44.3 Å². The summed E-state index contributed by atoms with van der Waals surface area (Å²) in [6.07, 6.45) is 4.15. The Morgan fingerprint density at radius 2 is 1.72 bits per heavy atom. The second-order valence-electron chi connectivity index (χ2n) is 9.70. The van der Waals surface area contributed by atoms with Gasteiger partial charge in [-0.2, -0.15) is 5.10 Å². The SMILES string of the molecule is CCCCOc1ccc(C)cc1-c1ccc(COc2ccc(C(CC(=O)OCC)c3ccnn3C)cc2)cc1. The minimum absolute atomic E-state index is 0.143. The summed E-state index contributed by atoms with van der Waals surface area (Å²) < 4.78 is 19.2. The van der Waals surface area contributed by atoms with Gasteiger partial charge in [-0.3, -0.25) is 9.48 Å². The number of carbonyl (C=O) groups excluding carboxylic acids is 1. The lowest BCUT2D eigenvalue weighted by atomic mass is 9.92. The van der Waals surface area contributed by atoms with Crippen LogP contribution in [0, 0.1) is 6.92 Å². The minimum atomic E-state index is -0.224. The van der Waals surface area contributed by atoms with Crippen LogP contribution in [0.5, 0.6) is 11.5 Å². The van der Waals surface area contributed by atoms with E-state index in [1.54, 1.807) is 10.9 Å². The first-order chi connectivity index (χ1) is 19.0. The Labute approximate surface area is 231 Å². The molecular formula is C33H38N2O4. The lowest BCUT2D eigenvalue weighted by Crippen LogP contribution is -2.14. The maximum Gasteiger partial charge on any atom is 0.306 e. The van der Waals surface area contributed by atoms with Gasteiger partial charge in [0.25, 0.3) is 0 Å². The Bertz CT molecular complexity index is 1340. The molecule has 4 rings (SSSR count). The van der Waals surface area contributed by atoms with Crippen molar-refractivity contribution < 1.29 is 19.0 Å². The van der Waals surface area contributed by atoms with Crippen LogP contribution in [-0.4, -0.2) is 29.0 Å². The summed E-state index contributed by atoms with van der Waals surface area (Å²) in [5, 5.41) is 4.28. The van der Waals surface area contributed by atoms with Crippen LogP contribution in [0.25, 0.3) is 11.1 Å². The standard InChI is InChI=1S/C33H38N2O4/c1-5-7-20-38-32-17-8-24(3)21-30(32)27-11-9-25(10-12-27)23-39-28-15-13-26(14-16-28)29(22-33(36)37-6-2)31-18-19-34-35(31)4/h8-19,21,29H,5-7,20,22-23H2,1-4H3. The van der Waals surface area contributed by atoms with Crippen LogP contribution in [0.15, 0.2) is 79.0 Å². The van der Waals surface area contributed by atoms with E-state index in [-0.39, 0.29) is 18.3 Å². The fraction of sp³-hybridized carbons (Fsp3) is 0.333. The van der Waals surface area contributed by atoms with Crippen molar-refractivity contribution in [2.75, 3.05) is 13.2 Å². The van der Waals surface area contributed by atoms with Gasteiger partial charge in [-0.05, 0) is 67.3 Å². The van der Waals surface area contributed by atoms with E-state index in [1.165, 1.54) is 5.56 Å². The van der Waals surface area contributed by atoms with Crippen LogP contribution in [-0.2, 0) is 23.2 Å². The maximum atomic E-state index is 12.3. The number of unbranched alkanes of at least 4 members (excludes halogenated alkanes) is 1. The van der Waals surface area contributed by atoms with E-state index >= 15 is 0 Å². The number of carbonyl (C=O) groups is 1. The van der Waals surface area contributed by atoms with Crippen molar-refractivity contribution in [2.45, 2.75) is 52.6 Å². The molecule has 0 N–H and O–H groups in total. The van der Waals surface area contributed by atoms with E-state index in [0.717, 1.165) is 58.9 Å². The van der Waals surface area contributed by atoms with E-state index in [2.05, 4.69) is 61.4 Å². The molecule has 6 heteroatoms. The fourth-order valence-electron chi connectivity index (χ4n) is 4.57. The molecule has 6 nitrogen and oxygen atoms in total. The number of rotatable bonds is 13. The molecule has 0 aliphatic carbocycles. The van der Waals surface area contributed by atoms with E-state index in [0.29, 0.717) is 13.2 Å². The third kappa shape index (κ3) is 7.50. The predicted molar refractivity (Wildman–Crippen MR) is 154 cm³/mol. The first-order valence-electron chi connectivity index (χ1n) is 13.7. The van der Waals surface area contributed by atoms with Crippen LogP contribution in [0.1, 0.15) is 61.4 Å². The van der Waals surface area contributed by atoms with Crippen LogP contribution in [0.2, 0.25) is 0 Å². The summed E-state index contributed by atoms with van der Waals surface area (Å²) in [4.78, 5) is 12.3. The number of ether oxygens (including phenoxy) is 3. The molecule has 0 radical (unpaired) electrons. The number of aromatic nitrogens is 2. The molecule has 0 aliphatic rings. The first-order valence-corrected chi connectivity index (χ1v) is 13.7. The molecule has 1 heterocycles. The lowest BCUT2D eigenvalue weighted by molar-refractivity contribution is -0.143. The van der Waals surface area contributed by atoms with Gasteiger partial charge in [0.1, 0.15) is 18.1 Å². The predicted octanol–water partition coefficient (Wildman–Crippen LogP) is 7.24. The van der Waals surface area contributed by atoms with Crippen molar-refractivity contribution in [3.63, 3.8) is 0 Å². The highest BCUT2D eigenvalue weighted by molar-refractivity contribution is 5.72. The number of aryl methyl sites for hydroxylation is 2. The molecule has 0 saturated carbocycles. The molecule has 0 bridgehead atoms. The Balaban J connectivity index is 1.42. The molecule has 1 unspecified atom stereocenters. The summed E-state index contributed by atoms with van der Waals surface area (Å²) in [6, 6.07) is 24.6. The molecule has 0 amide bonds. The smallest absolute Gasteiger partial charge is 0.306 e. The van der Waals surface area contributed by atoms with Crippen molar-refractivity contribution in [2.24, 2.45) is 7.05 Å². The zero-order chi connectivity index (χ0) is 27.6. The highest BCUT2D eigenvalue weighted by Crippen LogP contribution is 2.32. The van der Waals surface area contributed by atoms with Crippen molar-refractivity contribution in [1.29, 1.82) is 0 Å². The Morgan fingerprint density at radius 3 is 2.38 bits per heavy atom. The van der Waals surface area contributed by atoms with Gasteiger partial charge < -0.3 is 14.2 Å². The van der Waals surface area contributed by atoms with Gasteiger partial charge in [-0.25, -0.2) is 0 Å². The van der Waals surface area contributed by atoms with Crippen molar-refractivity contribution >= 4 is 5.97 Å². The molecule has 1 aromatic heterocycles. The van der Waals surface area contributed by atoms with Gasteiger partial charge in [0.2, 0.25) is 0 Å². The first kappa shape index (κ1) is 28.0. The van der Waals surface area contributed by atoms with Crippen LogP contribution < -0.4 is 9.47 Å². The molecule has 204 valence electrons. The number of hydrogen-bond donors (Lipinski definition) is 0. The third-order valence-corrected chi connectivity index (χ3v) is 6.74. The van der Waals surface area contributed by atoms with Crippen molar-refractivity contribution in [3.05, 3.63) is 101 Å². The zero-order valence-corrected chi connectivity index (χ0v) is 23.4. The topological polar surface area (TPSA) is 62.6 Å². The van der Waals surface area contributed by atoms with Gasteiger partial charge in [0, 0.05) is 30.4 Å². The maximum absolute atomic E-state index is 12.3. The van der Waals surface area contributed by atoms with E-state index < -0.39 is 0 Å². The second-order valence-corrected chi connectivity index (χ2v) is 9.70. The Morgan fingerprint density at radius 1 is 0.949 bits per heavy atom. The molecule has 0 aliphatic heterocycles. The van der Waals surface area contributed by atoms with Gasteiger partial charge in [-0.15, -0.1) is 0 Å². The van der Waals surface area contributed by atoms with Gasteiger partial charge in [0.15, 0.2) is 0 Å². The summed E-state index contributed by atoms with van der Waals surface area (Å²) >= 11 is 0. The van der Waals surface area contributed by atoms with E-state index in [4.69, 9.17) is 14.2 Å². The quantitative estimate of drug-likeness (QED) is 0.136. The number of benzene rings is 3. The van der Waals surface area contributed by atoms with Crippen LogP contribution >= 0.6 is 0 Å². The summed E-state index contributed by atoms with van der Waals surface area (Å²) in [6.45, 7) is 7.63. The molecule has 0 fully saturated rings.